The van der Waals surface area contributed by atoms with E-state index in [0.717, 1.165) is 11.0 Å². The van der Waals surface area contributed by atoms with Gasteiger partial charge in [-0.3, -0.25) is 14.5 Å². The minimum Gasteiger partial charge on any atom is -0.478 e. The number of amides is 2. The third-order valence-corrected chi connectivity index (χ3v) is 2.60. The number of nitrogens with zero attached hydrogens (tertiary/aromatic N) is 1. The molecule has 1 saturated heterocycles. The van der Waals surface area contributed by atoms with Crippen LogP contribution in [0.25, 0.3) is 6.08 Å². The highest BCUT2D eigenvalue weighted by atomic mass is 16.4. The number of carboxylic acids is 1. The average molecular weight is 245 g/mol. The van der Waals surface area contributed by atoms with E-state index in [1.54, 1.807) is 24.3 Å². The number of carbonyl (C=O) groups is 3. The van der Waals surface area contributed by atoms with E-state index in [9.17, 15) is 14.4 Å². The summed E-state index contributed by atoms with van der Waals surface area (Å²) in [5, 5.41) is 8.53. The third-order valence-electron chi connectivity index (χ3n) is 2.60. The van der Waals surface area contributed by atoms with Crippen molar-refractivity contribution in [2.45, 2.75) is 12.8 Å². The summed E-state index contributed by atoms with van der Waals surface area (Å²) < 4.78 is 0. The first-order chi connectivity index (χ1) is 8.58. The van der Waals surface area contributed by atoms with E-state index in [0.29, 0.717) is 11.3 Å². The molecule has 92 valence electrons. The Balaban J connectivity index is 2.29. The van der Waals surface area contributed by atoms with Crippen LogP contribution in [0.2, 0.25) is 0 Å². The van der Waals surface area contributed by atoms with Crippen molar-refractivity contribution in [2.75, 3.05) is 4.90 Å². The van der Waals surface area contributed by atoms with Crippen LogP contribution in [0.4, 0.5) is 5.69 Å². The van der Waals surface area contributed by atoms with Crippen LogP contribution in [0.3, 0.4) is 0 Å². The van der Waals surface area contributed by atoms with Gasteiger partial charge in [0.25, 0.3) is 0 Å². The summed E-state index contributed by atoms with van der Waals surface area (Å²) in [6.07, 6.45) is 2.88. The smallest absolute Gasteiger partial charge is 0.328 e. The van der Waals surface area contributed by atoms with Gasteiger partial charge < -0.3 is 5.11 Å². The average Bonchev–Trinajstić information content (AvgIpc) is 2.67. The Bertz CT molecular complexity index is 532. The Labute approximate surface area is 103 Å². The van der Waals surface area contributed by atoms with Crippen LogP contribution in [-0.4, -0.2) is 22.9 Å². The fourth-order valence-electron chi connectivity index (χ4n) is 1.80. The minimum atomic E-state index is -1.05. The Morgan fingerprint density at radius 1 is 1.22 bits per heavy atom. The molecule has 1 N–H and O–H groups in total. The quantitative estimate of drug-likeness (QED) is 0.645. The lowest BCUT2D eigenvalue weighted by Crippen LogP contribution is -2.28. The van der Waals surface area contributed by atoms with Crippen molar-refractivity contribution in [3.63, 3.8) is 0 Å². The maximum Gasteiger partial charge on any atom is 0.328 e. The summed E-state index contributed by atoms with van der Waals surface area (Å²) in [5.74, 6) is -1.49. The van der Waals surface area contributed by atoms with Crippen LogP contribution in [0.1, 0.15) is 18.4 Å². The van der Waals surface area contributed by atoms with Crippen molar-refractivity contribution in [1.29, 1.82) is 0 Å². The molecule has 0 radical (unpaired) electrons. The highest BCUT2D eigenvalue weighted by Crippen LogP contribution is 2.23. The monoisotopic (exact) mass is 245 g/mol. The van der Waals surface area contributed by atoms with E-state index in [1.165, 1.54) is 6.08 Å². The van der Waals surface area contributed by atoms with E-state index in [2.05, 4.69) is 0 Å². The van der Waals surface area contributed by atoms with Gasteiger partial charge in [-0.05, 0) is 23.8 Å². The predicted molar refractivity (Wildman–Crippen MR) is 64.8 cm³/mol. The van der Waals surface area contributed by atoms with Gasteiger partial charge in [0.05, 0.1) is 5.69 Å². The largest absolute Gasteiger partial charge is 0.478 e. The summed E-state index contributed by atoms with van der Waals surface area (Å²) in [7, 11) is 0. The molecular weight excluding hydrogens is 234 g/mol. The molecule has 1 fully saturated rings. The second-order valence-electron chi connectivity index (χ2n) is 3.89. The zero-order chi connectivity index (χ0) is 13.1. The molecule has 0 atom stereocenters. The molecule has 5 heteroatoms. The van der Waals surface area contributed by atoms with Crippen molar-refractivity contribution in [3.8, 4) is 0 Å². The molecule has 0 aliphatic carbocycles. The Morgan fingerprint density at radius 3 is 2.50 bits per heavy atom. The molecule has 0 spiro atoms. The normalized spacial score (nSPS) is 15.7. The van der Waals surface area contributed by atoms with Gasteiger partial charge in [-0.2, -0.15) is 0 Å². The molecule has 1 aliphatic rings. The highest BCUT2D eigenvalue weighted by molar-refractivity contribution is 6.19. The zero-order valence-corrected chi connectivity index (χ0v) is 9.50. The SMILES string of the molecule is O=C(O)C=Cc1cccc(N2C(=O)CCC2=O)c1. The molecular formula is C13H11NO4. The number of rotatable bonds is 3. The lowest BCUT2D eigenvalue weighted by Gasteiger charge is -2.13. The molecule has 5 nitrogen and oxygen atoms in total. The summed E-state index contributed by atoms with van der Waals surface area (Å²) in [5.41, 5.74) is 1.11. The van der Waals surface area contributed by atoms with Crippen LogP contribution < -0.4 is 4.90 Å². The minimum absolute atomic E-state index is 0.223. The topological polar surface area (TPSA) is 74.7 Å². The lowest BCUT2D eigenvalue weighted by atomic mass is 10.1. The van der Waals surface area contributed by atoms with E-state index in [4.69, 9.17) is 5.11 Å². The number of carboxylic acid groups (broad SMARTS) is 1. The summed E-state index contributed by atoms with van der Waals surface area (Å²) in [6.45, 7) is 0. The summed E-state index contributed by atoms with van der Waals surface area (Å²) in [4.78, 5) is 34.7. The van der Waals surface area contributed by atoms with Crippen LogP contribution in [0.5, 0.6) is 0 Å². The molecule has 2 rings (SSSR count). The second-order valence-corrected chi connectivity index (χ2v) is 3.89. The van der Waals surface area contributed by atoms with E-state index in [1.807, 2.05) is 0 Å². The zero-order valence-electron chi connectivity index (χ0n) is 9.50. The van der Waals surface area contributed by atoms with Crippen LogP contribution >= 0.6 is 0 Å². The molecule has 18 heavy (non-hydrogen) atoms. The number of benzene rings is 1. The second kappa shape index (κ2) is 4.83. The van der Waals surface area contributed by atoms with Gasteiger partial charge in [-0.25, -0.2) is 4.79 Å². The number of carbonyl (C=O) groups excluding carboxylic acids is 2. The number of aliphatic carboxylic acids is 1. The van der Waals surface area contributed by atoms with Gasteiger partial charge in [0.15, 0.2) is 0 Å². The number of anilines is 1. The predicted octanol–water partition coefficient (Wildman–Crippen LogP) is 1.44. The van der Waals surface area contributed by atoms with Gasteiger partial charge in [0.2, 0.25) is 11.8 Å². The van der Waals surface area contributed by atoms with Crippen molar-refractivity contribution in [1.82, 2.24) is 0 Å². The van der Waals surface area contributed by atoms with E-state index in [-0.39, 0.29) is 24.7 Å². The Kier molecular flexibility index (Phi) is 3.23. The maximum atomic E-state index is 11.6. The van der Waals surface area contributed by atoms with Gasteiger partial charge in [-0.1, -0.05) is 12.1 Å². The van der Waals surface area contributed by atoms with E-state index < -0.39 is 5.97 Å². The molecule has 1 aromatic rings. The number of hydrogen-bond acceptors (Lipinski definition) is 3. The van der Waals surface area contributed by atoms with Gasteiger partial charge in [0, 0.05) is 18.9 Å². The fraction of sp³-hybridized carbons (Fsp3) is 0.154. The molecule has 0 saturated carbocycles. The van der Waals surface area contributed by atoms with Crippen LogP contribution in [0.15, 0.2) is 30.3 Å². The Morgan fingerprint density at radius 2 is 1.89 bits per heavy atom. The highest BCUT2D eigenvalue weighted by Gasteiger charge is 2.30. The van der Waals surface area contributed by atoms with Gasteiger partial charge >= 0.3 is 5.97 Å². The molecule has 0 aromatic heterocycles. The molecule has 1 heterocycles. The molecule has 0 unspecified atom stereocenters. The number of imide groups is 1. The summed E-state index contributed by atoms with van der Waals surface area (Å²) >= 11 is 0. The van der Waals surface area contributed by atoms with E-state index >= 15 is 0 Å². The first-order valence-corrected chi connectivity index (χ1v) is 5.45. The fourth-order valence-corrected chi connectivity index (χ4v) is 1.80. The van der Waals surface area contributed by atoms with Crippen molar-refractivity contribution in [2.24, 2.45) is 0 Å². The van der Waals surface area contributed by atoms with Gasteiger partial charge in [0.1, 0.15) is 0 Å². The molecule has 2 amide bonds. The molecule has 0 bridgehead atoms. The third kappa shape index (κ3) is 2.45. The first kappa shape index (κ1) is 12.0. The molecule has 1 aromatic carbocycles. The lowest BCUT2D eigenvalue weighted by molar-refractivity contribution is -0.131. The van der Waals surface area contributed by atoms with Gasteiger partial charge in [-0.15, -0.1) is 0 Å². The van der Waals surface area contributed by atoms with Crippen LogP contribution in [-0.2, 0) is 14.4 Å². The van der Waals surface area contributed by atoms with Crippen molar-refractivity contribution in [3.05, 3.63) is 35.9 Å². The van der Waals surface area contributed by atoms with Crippen molar-refractivity contribution < 1.29 is 19.5 Å². The summed E-state index contributed by atoms with van der Waals surface area (Å²) in [6, 6.07) is 6.64. The van der Waals surface area contributed by atoms with Crippen molar-refractivity contribution >= 4 is 29.5 Å². The maximum absolute atomic E-state index is 11.6. The molecule has 1 aliphatic heterocycles. The standard InChI is InChI=1S/C13H11NO4/c15-11-5-6-12(16)14(11)10-3-1-2-9(8-10)4-7-13(17)18/h1-4,7-8H,5-6H2,(H,17,18). The Hall–Kier alpha value is -2.43. The number of hydrogen-bond donors (Lipinski definition) is 1. The van der Waals surface area contributed by atoms with Crippen LogP contribution in [0, 0.1) is 0 Å². The first-order valence-electron chi connectivity index (χ1n) is 5.45.